The van der Waals surface area contributed by atoms with Crippen molar-refractivity contribution in [3.05, 3.63) is 39.8 Å². The molecule has 2 heterocycles. The van der Waals surface area contributed by atoms with E-state index in [1.54, 1.807) is 12.3 Å². The molecule has 0 atom stereocenters. The fourth-order valence-corrected chi connectivity index (χ4v) is 1.95. The molecule has 0 spiro atoms. The number of hydrogen-bond acceptors (Lipinski definition) is 3. The van der Waals surface area contributed by atoms with Crippen molar-refractivity contribution < 1.29 is 4.79 Å². The number of rotatable bonds is 2. The van der Waals surface area contributed by atoms with E-state index < -0.39 is 5.24 Å². The van der Waals surface area contributed by atoms with Crippen molar-refractivity contribution in [1.29, 1.82) is 0 Å². The largest absolute Gasteiger partial charge is 0.274 e. The second-order valence-electron chi connectivity index (χ2n) is 3.36. The van der Waals surface area contributed by atoms with Crippen LogP contribution >= 0.6 is 34.8 Å². The number of carbonyl (C=O) groups is 1. The summed E-state index contributed by atoms with van der Waals surface area (Å²) in [6.07, 6.45) is 1.61. The van der Waals surface area contributed by atoms with Gasteiger partial charge >= 0.3 is 0 Å². The van der Waals surface area contributed by atoms with Gasteiger partial charge in [-0.05, 0) is 30.2 Å². The van der Waals surface area contributed by atoms with Crippen LogP contribution in [-0.2, 0) is 0 Å². The minimum Gasteiger partial charge on any atom is -0.274 e. The maximum absolute atomic E-state index is 11.2. The number of aromatic nitrogens is 3. The van der Waals surface area contributed by atoms with E-state index >= 15 is 0 Å². The van der Waals surface area contributed by atoms with E-state index in [0.29, 0.717) is 10.8 Å². The van der Waals surface area contributed by atoms with Gasteiger partial charge in [0.2, 0.25) is 0 Å². The first-order valence-corrected chi connectivity index (χ1v) is 5.70. The summed E-state index contributed by atoms with van der Waals surface area (Å²) < 4.78 is 1.22. The van der Waals surface area contributed by atoms with Gasteiger partial charge in [0.25, 0.3) is 5.24 Å². The monoisotopic (exact) mass is 289 g/mol. The second kappa shape index (κ2) is 4.64. The summed E-state index contributed by atoms with van der Waals surface area (Å²) in [4.78, 5) is 15.3. The van der Waals surface area contributed by atoms with Crippen molar-refractivity contribution >= 4 is 40.0 Å². The van der Waals surface area contributed by atoms with Gasteiger partial charge < -0.3 is 0 Å². The van der Waals surface area contributed by atoms with E-state index in [-0.39, 0.29) is 10.8 Å². The Morgan fingerprint density at radius 1 is 1.35 bits per heavy atom. The highest BCUT2D eigenvalue weighted by molar-refractivity contribution is 6.67. The van der Waals surface area contributed by atoms with Gasteiger partial charge in [-0.2, -0.15) is 5.10 Å². The fraction of sp³-hybridized carbons (Fsp3) is 0.100. The fourth-order valence-electron chi connectivity index (χ4n) is 1.34. The van der Waals surface area contributed by atoms with Gasteiger partial charge in [-0.25, -0.2) is 9.67 Å². The van der Waals surface area contributed by atoms with Gasteiger partial charge in [-0.15, -0.1) is 0 Å². The van der Waals surface area contributed by atoms with Crippen LogP contribution in [0.25, 0.3) is 5.82 Å². The third-order valence-corrected chi connectivity index (χ3v) is 2.70. The average molecular weight is 291 g/mol. The Hall–Kier alpha value is -1.10. The summed E-state index contributed by atoms with van der Waals surface area (Å²) in [5.74, 6) is 0.313. The SMILES string of the molecule is Cc1cnc(-n2nc(Cl)cc2C(=O)Cl)c(Cl)c1. The molecule has 0 aliphatic carbocycles. The van der Waals surface area contributed by atoms with Gasteiger partial charge in [0.05, 0.1) is 5.02 Å². The van der Waals surface area contributed by atoms with Crippen molar-refractivity contribution in [3.8, 4) is 5.82 Å². The Labute approximate surface area is 112 Å². The topological polar surface area (TPSA) is 47.8 Å². The Bertz CT molecular complexity index is 594. The highest BCUT2D eigenvalue weighted by Crippen LogP contribution is 2.22. The van der Waals surface area contributed by atoms with Crippen LogP contribution in [0.4, 0.5) is 0 Å². The summed E-state index contributed by atoms with van der Waals surface area (Å²) >= 11 is 17.2. The molecule has 0 bridgehead atoms. The van der Waals surface area contributed by atoms with Crippen molar-refractivity contribution in [2.75, 3.05) is 0 Å². The lowest BCUT2D eigenvalue weighted by atomic mass is 10.3. The molecule has 7 heteroatoms. The van der Waals surface area contributed by atoms with Crippen LogP contribution in [0.3, 0.4) is 0 Å². The maximum Gasteiger partial charge on any atom is 0.271 e. The number of carbonyl (C=O) groups excluding carboxylic acids is 1. The van der Waals surface area contributed by atoms with E-state index in [1.165, 1.54) is 10.7 Å². The van der Waals surface area contributed by atoms with Crippen LogP contribution in [0.15, 0.2) is 18.3 Å². The molecular formula is C10H6Cl3N3O. The average Bonchev–Trinajstić information content (AvgIpc) is 2.60. The first-order valence-electron chi connectivity index (χ1n) is 4.57. The summed E-state index contributed by atoms with van der Waals surface area (Å²) in [6, 6.07) is 3.07. The summed E-state index contributed by atoms with van der Waals surface area (Å²) in [5.41, 5.74) is 1.02. The lowest BCUT2D eigenvalue weighted by Gasteiger charge is -2.05. The van der Waals surface area contributed by atoms with Crippen LogP contribution < -0.4 is 0 Å². The van der Waals surface area contributed by atoms with Gasteiger partial charge in [-0.1, -0.05) is 23.2 Å². The predicted molar refractivity (Wildman–Crippen MR) is 66.3 cm³/mol. The molecule has 4 nitrogen and oxygen atoms in total. The highest BCUT2D eigenvalue weighted by Gasteiger charge is 2.17. The molecule has 0 aliphatic rings. The summed E-state index contributed by atoms with van der Waals surface area (Å²) in [5, 5.41) is 3.76. The van der Waals surface area contributed by atoms with Gasteiger partial charge in [0, 0.05) is 12.3 Å². The van der Waals surface area contributed by atoms with Crippen molar-refractivity contribution in [2.24, 2.45) is 0 Å². The van der Waals surface area contributed by atoms with Crippen LogP contribution in [0.5, 0.6) is 0 Å². The Balaban J connectivity index is 2.63. The molecule has 0 radical (unpaired) electrons. The lowest BCUT2D eigenvalue weighted by molar-refractivity contribution is 0.107. The van der Waals surface area contributed by atoms with Crippen molar-refractivity contribution in [1.82, 2.24) is 14.8 Å². The molecular weight excluding hydrogens is 284 g/mol. The molecule has 0 saturated heterocycles. The van der Waals surface area contributed by atoms with Crippen LogP contribution in [-0.4, -0.2) is 20.0 Å². The molecule has 2 aromatic heterocycles. The molecule has 0 N–H and O–H groups in total. The van der Waals surface area contributed by atoms with Gasteiger partial charge in [-0.3, -0.25) is 4.79 Å². The standard InChI is InChI=1S/C10H6Cl3N3O/c1-5-2-6(11)10(14-4-5)16-7(9(13)17)3-8(12)15-16/h2-4H,1H3. The molecule has 2 aromatic rings. The summed E-state index contributed by atoms with van der Waals surface area (Å²) in [7, 11) is 0. The van der Waals surface area contributed by atoms with Gasteiger partial charge in [0.15, 0.2) is 11.0 Å². The minimum atomic E-state index is -0.678. The van der Waals surface area contributed by atoms with E-state index in [4.69, 9.17) is 34.8 Å². The normalized spacial score (nSPS) is 10.6. The third kappa shape index (κ3) is 2.44. The first kappa shape index (κ1) is 12.4. The maximum atomic E-state index is 11.2. The smallest absolute Gasteiger partial charge is 0.271 e. The Kier molecular flexibility index (Phi) is 3.38. The van der Waals surface area contributed by atoms with Crippen molar-refractivity contribution in [3.63, 3.8) is 0 Å². The lowest BCUT2D eigenvalue weighted by Crippen LogP contribution is -2.07. The Morgan fingerprint density at radius 2 is 2.06 bits per heavy atom. The number of aryl methyl sites for hydroxylation is 1. The molecule has 0 aromatic carbocycles. The van der Waals surface area contributed by atoms with Crippen LogP contribution in [0.1, 0.15) is 16.1 Å². The minimum absolute atomic E-state index is 0.120. The van der Waals surface area contributed by atoms with Crippen LogP contribution in [0, 0.1) is 6.92 Å². The number of hydrogen-bond donors (Lipinski definition) is 0. The first-order chi connectivity index (χ1) is 7.99. The van der Waals surface area contributed by atoms with Gasteiger partial charge in [0.1, 0.15) is 5.69 Å². The zero-order chi connectivity index (χ0) is 12.6. The quantitative estimate of drug-likeness (QED) is 0.798. The molecule has 0 aliphatic heterocycles. The number of nitrogens with zero attached hydrogens (tertiary/aromatic N) is 3. The van der Waals surface area contributed by atoms with E-state index in [9.17, 15) is 4.79 Å². The third-order valence-electron chi connectivity index (χ3n) is 2.04. The highest BCUT2D eigenvalue weighted by atomic mass is 35.5. The van der Waals surface area contributed by atoms with E-state index in [2.05, 4.69) is 10.1 Å². The predicted octanol–water partition coefficient (Wildman–Crippen LogP) is 3.26. The molecule has 0 amide bonds. The van der Waals surface area contributed by atoms with Crippen LogP contribution in [0.2, 0.25) is 10.2 Å². The number of pyridine rings is 1. The zero-order valence-corrected chi connectivity index (χ0v) is 10.9. The van der Waals surface area contributed by atoms with E-state index in [1.807, 2.05) is 6.92 Å². The molecule has 0 saturated carbocycles. The molecule has 17 heavy (non-hydrogen) atoms. The number of halogens is 3. The molecule has 2 rings (SSSR count). The second-order valence-corrected chi connectivity index (χ2v) is 4.49. The van der Waals surface area contributed by atoms with E-state index in [0.717, 1.165) is 5.56 Å². The molecule has 88 valence electrons. The molecule has 0 fully saturated rings. The van der Waals surface area contributed by atoms with Crippen molar-refractivity contribution in [2.45, 2.75) is 6.92 Å². The zero-order valence-electron chi connectivity index (χ0n) is 8.62. The summed E-state index contributed by atoms with van der Waals surface area (Å²) in [6.45, 7) is 1.85. The Morgan fingerprint density at radius 3 is 2.65 bits per heavy atom. The molecule has 0 unspecified atom stereocenters.